The van der Waals surface area contributed by atoms with Gasteiger partial charge in [-0.3, -0.25) is 0 Å². The van der Waals surface area contributed by atoms with E-state index in [1.807, 2.05) is 0 Å². The number of benzene rings is 1. The molecule has 1 rings (SSSR count). The van der Waals surface area contributed by atoms with Gasteiger partial charge in [0.05, 0.1) is 12.7 Å². The average Bonchev–Trinajstić information content (AvgIpc) is 2.33. The summed E-state index contributed by atoms with van der Waals surface area (Å²) in [4.78, 5) is 11.7. The first kappa shape index (κ1) is 15.9. The van der Waals surface area contributed by atoms with Crippen LogP contribution in [0.5, 0.6) is 11.5 Å². The van der Waals surface area contributed by atoms with Gasteiger partial charge in [-0.2, -0.15) is 0 Å². The molecule has 0 aliphatic heterocycles. The molecular weight excluding hydrogens is 258 g/mol. The van der Waals surface area contributed by atoms with Gasteiger partial charge in [-0.1, -0.05) is 6.58 Å². The summed E-state index contributed by atoms with van der Waals surface area (Å²) >= 11 is 0. The Kier molecular flexibility index (Phi) is 5.02. The van der Waals surface area contributed by atoms with E-state index in [4.69, 9.17) is 19.9 Å². The lowest BCUT2D eigenvalue weighted by Gasteiger charge is -2.20. The van der Waals surface area contributed by atoms with Gasteiger partial charge in [-0.25, -0.2) is 4.79 Å². The fourth-order valence-electron chi connectivity index (χ4n) is 1.37. The standard InChI is InChI=1S/C15H21NO4/c1-10(14(17)20-15(2,3)4)9-19-13-7-11(16)6-12(8-13)18-5/h6-8H,1,9,16H2,2-5H3. The number of esters is 1. The Morgan fingerprint density at radius 3 is 2.40 bits per heavy atom. The maximum absolute atomic E-state index is 11.7. The number of hydrogen-bond donors (Lipinski definition) is 1. The minimum Gasteiger partial charge on any atom is -0.497 e. The highest BCUT2D eigenvalue weighted by atomic mass is 16.6. The molecule has 0 aliphatic carbocycles. The monoisotopic (exact) mass is 279 g/mol. The van der Waals surface area contributed by atoms with Crippen LogP contribution in [0.25, 0.3) is 0 Å². The Morgan fingerprint density at radius 2 is 1.85 bits per heavy atom. The van der Waals surface area contributed by atoms with Crippen molar-refractivity contribution >= 4 is 11.7 Å². The highest BCUT2D eigenvalue weighted by molar-refractivity contribution is 5.88. The average molecular weight is 279 g/mol. The lowest BCUT2D eigenvalue weighted by atomic mass is 10.2. The van der Waals surface area contributed by atoms with Crippen molar-refractivity contribution in [3.8, 4) is 11.5 Å². The highest BCUT2D eigenvalue weighted by Gasteiger charge is 2.19. The smallest absolute Gasteiger partial charge is 0.337 e. The van der Waals surface area contributed by atoms with Crippen LogP contribution in [0.1, 0.15) is 20.8 Å². The minimum atomic E-state index is -0.555. The molecule has 0 unspecified atom stereocenters. The molecule has 0 spiro atoms. The van der Waals surface area contributed by atoms with Gasteiger partial charge in [0.2, 0.25) is 0 Å². The van der Waals surface area contributed by atoms with Gasteiger partial charge >= 0.3 is 5.97 Å². The van der Waals surface area contributed by atoms with E-state index in [-0.39, 0.29) is 12.2 Å². The lowest BCUT2D eigenvalue weighted by Crippen LogP contribution is -2.26. The maximum Gasteiger partial charge on any atom is 0.337 e. The predicted octanol–water partition coefficient (Wildman–Crippen LogP) is 2.55. The molecule has 1 aromatic carbocycles. The van der Waals surface area contributed by atoms with Crippen LogP contribution in [0.3, 0.4) is 0 Å². The van der Waals surface area contributed by atoms with Crippen molar-refractivity contribution in [1.29, 1.82) is 0 Å². The molecule has 0 aromatic heterocycles. The van der Waals surface area contributed by atoms with Crippen LogP contribution >= 0.6 is 0 Å². The molecule has 0 atom stereocenters. The quantitative estimate of drug-likeness (QED) is 0.509. The summed E-state index contributed by atoms with van der Waals surface area (Å²) in [7, 11) is 1.54. The predicted molar refractivity (Wildman–Crippen MR) is 77.9 cm³/mol. The fourth-order valence-corrected chi connectivity index (χ4v) is 1.37. The molecule has 0 saturated heterocycles. The van der Waals surface area contributed by atoms with Crippen molar-refractivity contribution in [3.63, 3.8) is 0 Å². The Hall–Kier alpha value is -2.17. The molecule has 2 N–H and O–H groups in total. The first-order valence-corrected chi connectivity index (χ1v) is 6.20. The molecule has 0 aliphatic rings. The van der Waals surface area contributed by atoms with E-state index >= 15 is 0 Å². The number of carbonyl (C=O) groups excluding carboxylic acids is 1. The topological polar surface area (TPSA) is 70.8 Å². The van der Waals surface area contributed by atoms with Gasteiger partial charge < -0.3 is 19.9 Å². The van der Waals surface area contributed by atoms with Crippen LogP contribution in [0, 0.1) is 0 Å². The van der Waals surface area contributed by atoms with Crippen molar-refractivity contribution in [2.75, 3.05) is 19.5 Å². The number of methoxy groups -OCH3 is 1. The molecule has 5 heteroatoms. The van der Waals surface area contributed by atoms with Crippen LogP contribution < -0.4 is 15.2 Å². The van der Waals surface area contributed by atoms with E-state index in [1.165, 1.54) is 7.11 Å². The van der Waals surface area contributed by atoms with E-state index < -0.39 is 11.6 Å². The summed E-state index contributed by atoms with van der Waals surface area (Å²) in [5, 5.41) is 0. The summed E-state index contributed by atoms with van der Waals surface area (Å²) < 4.78 is 15.7. The Morgan fingerprint density at radius 1 is 1.25 bits per heavy atom. The van der Waals surface area contributed by atoms with E-state index in [0.717, 1.165) is 0 Å². The van der Waals surface area contributed by atoms with Crippen LogP contribution in [0.2, 0.25) is 0 Å². The third kappa shape index (κ3) is 5.22. The third-order valence-electron chi connectivity index (χ3n) is 2.24. The van der Waals surface area contributed by atoms with Crippen molar-refractivity contribution in [3.05, 3.63) is 30.4 Å². The molecule has 0 amide bonds. The summed E-state index contributed by atoms with van der Waals surface area (Å²) in [6.45, 7) is 9.07. The number of anilines is 1. The van der Waals surface area contributed by atoms with Crippen molar-refractivity contribution < 1.29 is 19.0 Å². The molecular formula is C15H21NO4. The summed E-state index contributed by atoms with van der Waals surface area (Å²) in [5.74, 6) is 0.614. The molecule has 0 bridgehead atoms. The van der Waals surface area contributed by atoms with Crippen molar-refractivity contribution in [2.24, 2.45) is 0 Å². The van der Waals surface area contributed by atoms with E-state index in [0.29, 0.717) is 17.2 Å². The van der Waals surface area contributed by atoms with Crippen molar-refractivity contribution in [1.82, 2.24) is 0 Å². The number of ether oxygens (including phenoxy) is 3. The fraction of sp³-hybridized carbons (Fsp3) is 0.400. The second-order valence-electron chi connectivity index (χ2n) is 5.34. The van der Waals surface area contributed by atoms with Crippen LogP contribution in [-0.2, 0) is 9.53 Å². The number of rotatable bonds is 5. The van der Waals surface area contributed by atoms with Crippen molar-refractivity contribution in [2.45, 2.75) is 26.4 Å². The number of nitrogen functional groups attached to an aromatic ring is 1. The van der Waals surface area contributed by atoms with Gasteiger partial charge in [0.1, 0.15) is 23.7 Å². The Labute approximate surface area is 119 Å². The Balaban J connectivity index is 2.61. The number of carbonyl (C=O) groups is 1. The largest absolute Gasteiger partial charge is 0.497 e. The molecule has 5 nitrogen and oxygen atoms in total. The number of nitrogens with two attached hydrogens (primary N) is 1. The van der Waals surface area contributed by atoms with Gasteiger partial charge in [0.25, 0.3) is 0 Å². The van der Waals surface area contributed by atoms with Crippen LogP contribution in [-0.4, -0.2) is 25.3 Å². The molecule has 0 fully saturated rings. The zero-order valence-corrected chi connectivity index (χ0v) is 12.4. The minimum absolute atomic E-state index is 0.0293. The van der Waals surface area contributed by atoms with Crippen LogP contribution in [0.15, 0.2) is 30.4 Å². The normalized spacial score (nSPS) is 10.8. The first-order chi connectivity index (χ1) is 9.21. The molecule has 0 heterocycles. The molecule has 110 valence electrons. The Bertz CT molecular complexity index is 503. The molecule has 0 saturated carbocycles. The summed E-state index contributed by atoms with van der Waals surface area (Å²) in [6.07, 6.45) is 0. The molecule has 1 aromatic rings. The lowest BCUT2D eigenvalue weighted by molar-refractivity contribution is -0.150. The van der Waals surface area contributed by atoms with E-state index in [2.05, 4.69) is 6.58 Å². The maximum atomic E-state index is 11.7. The zero-order chi connectivity index (χ0) is 15.3. The second kappa shape index (κ2) is 6.32. The summed E-state index contributed by atoms with van der Waals surface area (Å²) in [5.41, 5.74) is 5.91. The van der Waals surface area contributed by atoms with Gasteiger partial charge in [0.15, 0.2) is 0 Å². The first-order valence-electron chi connectivity index (χ1n) is 6.20. The molecule has 20 heavy (non-hydrogen) atoms. The van der Waals surface area contributed by atoms with Gasteiger partial charge in [0, 0.05) is 23.9 Å². The van der Waals surface area contributed by atoms with Crippen LogP contribution in [0.4, 0.5) is 5.69 Å². The summed E-state index contributed by atoms with van der Waals surface area (Å²) in [6, 6.07) is 5.00. The zero-order valence-electron chi connectivity index (χ0n) is 12.4. The highest BCUT2D eigenvalue weighted by Crippen LogP contribution is 2.24. The third-order valence-corrected chi connectivity index (χ3v) is 2.24. The second-order valence-corrected chi connectivity index (χ2v) is 5.34. The number of hydrogen-bond acceptors (Lipinski definition) is 5. The molecule has 0 radical (unpaired) electrons. The van der Waals surface area contributed by atoms with E-state index in [9.17, 15) is 4.79 Å². The van der Waals surface area contributed by atoms with Gasteiger partial charge in [-0.05, 0) is 20.8 Å². The SMILES string of the molecule is C=C(COc1cc(N)cc(OC)c1)C(=O)OC(C)(C)C. The van der Waals surface area contributed by atoms with Gasteiger partial charge in [-0.15, -0.1) is 0 Å². The van der Waals surface area contributed by atoms with E-state index in [1.54, 1.807) is 39.0 Å².